The average Bonchev–Trinajstić information content (AvgIpc) is 2.33. The van der Waals surface area contributed by atoms with Gasteiger partial charge in [-0.3, -0.25) is 9.59 Å². The number of rotatable bonds is 5. The molecule has 1 rings (SSSR count). The summed E-state index contributed by atoms with van der Waals surface area (Å²) >= 11 is 0. The van der Waals surface area contributed by atoms with Crippen LogP contribution < -0.4 is 5.32 Å². The molecular weight excluding hydrogens is 242 g/mol. The van der Waals surface area contributed by atoms with Gasteiger partial charge in [0.1, 0.15) is 13.2 Å². The number of esters is 1. The Bertz CT molecular complexity index is 421. The van der Waals surface area contributed by atoms with E-state index >= 15 is 0 Å². The number of carbonyl (C=O) groups excluding carboxylic acids is 2. The first kappa shape index (κ1) is 15.2. The number of nitrogens with one attached hydrogen (secondary N) is 1. The van der Waals surface area contributed by atoms with Crippen molar-refractivity contribution in [3.05, 3.63) is 35.9 Å². The standard InChI is InChI=1S/C15H21NO3/c1-15(2,3)9-13(17)16-10-14(18)19-11-12-7-5-4-6-8-12/h4-8H,9-11H2,1-3H3,(H,16,17). The Kier molecular flexibility index (Phi) is 5.55. The molecule has 19 heavy (non-hydrogen) atoms. The van der Waals surface area contributed by atoms with Crippen LogP contribution in [0.2, 0.25) is 0 Å². The van der Waals surface area contributed by atoms with Gasteiger partial charge >= 0.3 is 5.97 Å². The van der Waals surface area contributed by atoms with Crippen LogP contribution in [0.25, 0.3) is 0 Å². The Morgan fingerprint density at radius 1 is 1.16 bits per heavy atom. The molecule has 1 aromatic carbocycles. The van der Waals surface area contributed by atoms with E-state index in [1.807, 2.05) is 51.1 Å². The number of amides is 1. The Hall–Kier alpha value is -1.84. The zero-order valence-corrected chi connectivity index (χ0v) is 11.7. The maximum Gasteiger partial charge on any atom is 0.325 e. The molecule has 0 fully saturated rings. The molecule has 1 amide bonds. The summed E-state index contributed by atoms with van der Waals surface area (Å²) in [5, 5.41) is 2.56. The Morgan fingerprint density at radius 2 is 1.79 bits per heavy atom. The molecular formula is C15H21NO3. The maximum absolute atomic E-state index is 11.5. The summed E-state index contributed by atoms with van der Waals surface area (Å²) in [4.78, 5) is 23.0. The topological polar surface area (TPSA) is 55.4 Å². The fourth-order valence-corrected chi connectivity index (χ4v) is 1.50. The predicted molar refractivity (Wildman–Crippen MR) is 73.3 cm³/mol. The second-order valence-corrected chi connectivity index (χ2v) is 5.66. The molecule has 0 aliphatic carbocycles. The van der Waals surface area contributed by atoms with E-state index in [-0.39, 0.29) is 24.5 Å². The number of ether oxygens (including phenoxy) is 1. The van der Waals surface area contributed by atoms with Crippen molar-refractivity contribution in [2.24, 2.45) is 5.41 Å². The number of carbonyl (C=O) groups is 2. The van der Waals surface area contributed by atoms with E-state index < -0.39 is 5.97 Å². The molecule has 0 bridgehead atoms. The number of benzene rings is 1. The summed E-state index contributed by atoms with van der Waals surface area (Å²) in [6.07, 6.45) is 0.388. The molecule has 0 atom stereocenters. The van der Waals surface area contributed by atoms with Crippen LogP contribution in [0, 0.1) is 5.41 Å². The Morgan fingerprint density at radius 3 is 2.37 bits per heavy atom. The normalized spacial score (nSPS) is 10.9. The smallest absolute Gasteiger partial charge is 0.325 e. The fourth-order valence-electron chi connectivity index (χ4n) is 1.50. The lowest BCUT2D eigenvalue weighted by Gasteiger charge is -2.16. The van der Waals surface area contributed by atoms with Crippen LogP contribution in [0.1, 0.15) is 32.8 Å². The lowest BCUT2D eigenvalue weighted by molar-refractivity contribution is -0.145. The monoisotopic (exact) mass is 263 g/mol. The summed E-state index contributed by atoms with van der Waals surface area (Å²) in [7, 11) is 0. The van der Waals surface area contributed by atoms with Crippen molar-refractivity contribution < 1.29 is 14.3 Å². The molecule has 0 unspecified atom stereocenters. The minimum absolute atomic E-state index is 0.0816. The van der Waals surface area contributed by atoms with Crippen LogP contribution in [0.15, 0.2) is 30.3 Å². The van der Waals surface area contributed by atoms with Gasteiger partial charge in [-0.25, -0.2) is 0 Å². The molecule has 0 aromatic heterocycles. The van der Waals surface area contributed by atoms with E-state index in [1.165, 1.54) is 0 Å². The third-order valence-corrected chi connectivity index (χ3v) is 2.36. The van der Waals surface area contributed by atoms with Crippen LogP contribution in [-0.2, 0) is 20.9 Å². The number of hydrogen-bond donors (Lipinski definition) is 1. The number of hydrogen-bond acceptors (Lipinski definition) is 3. The highest BCUT2D eigenvalue weighted by molar-refractivity contribution is 5.82. The van der Waals surface area contributed by atoms with Gasteiger partial charge in [-0.1, -0.05) is 51.1 Å². The zero-order valence-electron chi connectivity index (χ0n) is 11.7. The van der Waals surface area contributed by atoms with Crippen LogP contribution in [0.3, 0.4) is 0 Å². The quantitative estimate of drug-likeness (QED) is 0.829. The van der Waals surface area contributed by atoms with Gasteiger partial charge < -0.3 is 10.1 Å². The van der Waals surface area contributed by atoms with Crippen molar-refractivity contribution in [1.29, 1.82) is 0 Å². The highest BCUT2D eigenvalue weighted by Crippen LogP contribution is 2.17. The molecule has 0 heterocycles. The molecule has 0 saturated heterocycles. The summed E-state index contributed by atoms with van der Waals surface area (Å²) in [6.45, 7) is 6.07. The van der Waals surface area contributed by atoms with Gasteiger partial charge in [-0.2, -0.15) is 0 Å². The summed E-state index contributed by atoms with van der Waals surface area (Å²) in [5.41, 5.74) is 0.842. The van der Waals surface area contributed by atoms with Gasteiger partial charge in [0.15, 0.2) is 0 Å². The van der Waals surface area contributed by atoms with Gasteiger partial charge in [0.2, 0.25) is 5.91 Å². The molecule has 0 spiro atoms. The summed E-state index contributed by atoms with van der Waals surface area (Å²) in [5.74, 6) is -0.560. The third kappa shape index (κ3) is 7.24. The van der Waals surface area contributed by atoms with Gasteiger partial charge in [-0.15, -0.1) is 0 Å². The fraction of sp³-hybridized carbons (Fsp3) is 0.467. The molecule has 4 heteroatoms. The summed E-state index contributed by atoms with van der Waals surface area (Å²) < 4.78 is 5.05. The third-order valence-electron chi connectivity index (χ3n) is 2.36. The first-order valence-corrected chi connectivity index (χ1v) is 6.33. The molecule has 0 saturated carbocycles. The van der Waals surface area contributed by atoms with Crippen molar-refractivity contribution >= 4 is 11.9 Å². The van der Waals surface area contributed by atoms with Crippen LogP contribution in [-0.4, -0.2) is 18.4 Å². The highest BCUT2D eigenvalue weighted by Gasteiger charge is 2.16. The van der Waals surface area contributed by atoms with Gasteiger partial charge in [-0.05, 0) is 11.0 Å². The summed E-state index contributed by atoms with van der Waals surface area (Å²) in [6, 6.07) is 9.43. The molecule has 0 aliphatic heterocycles. The molecule has 0 radical (unpaired) electrons. The first-order valence-electron chi connectivity index (χ1n) is 6.33. The van der Waals surface area contributed by atoms with E-state index in [2.05, 4.69) is 5.32 Å². The Labute approximate surface area is 114 Å². The minimum atomic E-state index is -0.425. The van der Waals surface area contributed by atoms with E-state index in [9.17, 15) is 9.59 Å². The minimum Gasteiger partial charge on any atom is -0.460 e. The lowest BCUT2D eigenvalue weighted by atomic mass is 9.92. The maximum atomic E-state index is 11.5. The highest BCUT2D eigenvalue weighted by atomic mass is 16.5. The van der Waals surface area contributed by atoms with Gasteiger partial charge in [0.25, 0.3) is 0 Å². The van der Waals surface area contributed by atoms with Crippen LogP contribution in [0.4, 0.5) is 0 Å². The molecule has 0 aliphatic rings. The van der Waals surface area contributed by atoms with Gasteiger partial charge in [0, 0.05) is 6.42 Å². The largest absolute Gasteiger partial charge is 0.460 e. The average molecular weight is 263 g/mol. The van der Waals surface area contributed by atoms with Crippen molar-refractivity contribution in [2.75, 3.05) is 6.54 Å². The van der Waals surface area contributed by atoms with E-state index in [0.29, 0.717) is 6.42 Å². The van der Waals surface area contributed by atoms with Crippen molar-refractivity contribution in [1.82, 2.24) is 5.32 Å². The first-order chi connectivity index (χ1) is 8.87. The molecule has 1 N–H and O–H groups in total. The van der Waals surface area contributed by atoms with Crippen molar-refractivity contribution in [3.63, 3.8) is 0 Å². The predicted octanol–water partition coefficient (Wildman–Crippen LogP) is 2.28. The second kappa shape index (κ2) is 6.92. The molecule has 1 aromatic rings. The van der Waals surface area contributed by atoms with Crippen LogP contribution >= 0.6 is 0 Å². The van der Waals surface area contributed by atoms with E-state index in [4.69, 9.17) is 4.74 Å². The second-order valence-electron chi connectivity index (χ2n) is 5.66. The molecule has 104 valence electrons. The van der Waals surface area contributed by atoms with Gasteiger partial charge in [0.05, 0.1) is 0 Å². The molecule has 4 nitrogen and oxygen atoms in total. The van der Waals surface area contributed by atoms with E-state index in [1.54, 1.807) is 0 Å². The SMILES string of the molecule is CC(C)(C)CC(=O)NCC(=O)OCc1ccccc1. The van der Waals surface area contributed by atoms with Crippen LogP contribution in [0.5, 0.6) is 0 Å². The van der Waals surface area contributed by atoms with Crippen molar-refractivity contribution in [2.45, 2.75) is 33.8 Å². The lowest BCUT2D eigenvalue weighted by Crippen LogP contribution is -2.32. The van der Waals surface area contributed by atoms with E-state index in [0.717, 1.165) is 5.56 Å². The zero-order chi connectivity index (χ0) is 14.3. The Balaban J connectivity index is 2.23. The van der Waals surface area contributed by atoms with Crippen molar-refractivity contribution in [3.8, 4) is 0 Å².